The Balaban J connectivity index is 2.18. The second-order valence-electron chi connectivity index (χ2n) is 3.64. The molecule has 0 bridgehead atoms. The third kappa shape index (κ3) is 2.19. The lowest BCUT2D eigenvalue weighted by Crippen LogP contribution is -2.03. The summed E-state index contributed by atoms with van der Waals surface area (Å²) in [4.78, 5) is 11.7. The van der Waals surface area contributed by atoms with Crippen molar-refractivity contribution in [1.29, 1.82) is 0 Å². The molecule has 0 amide bonds. The van der Waals surface area contributed by atoms with Crippen molar-refractivity contribution >= 4 is 5.78 Å². The lowest BCUT2D eigenvalue weighted by Gasteiger charge is -2.01. The Labute approximate surface area is 92.7 Å². The largest absolute Gasteiger partial charge is 0.469 e. The van der Waals surface area contributed by atoms with Gasteiger partial charge in [-0.25, -0.2) is 4.39 Å². The molecule has 2 nitrogen and oxygen atoms in total. The van der Waals surface area contributed by atoms with Gasteiger partial charge in [-0.05, 0) is 30.7 Å². The molecule has 0 saturated carbocycles. The number of ketones is 1. The van der Waals surface area contributed by atoms with Gasteiger partial charge >= 0.3 is 0 Å². The van der Waals surface area contributed by atoms with E-state index < -0.39 is 0 Å². The molecule has 0 saturated heterocycles. The van der Waals surface area contributed by atoms with Gasteiger partial charge in [0.15, 0.2) is 5.78 Å². The number of halogens is 1. The Hall–Kier alpha value is -1.90. The fourth-order valence-corrected chi connectivity index (χ4v) is 1.44. The van der Waals surface area contributed by atoms with Crippen LogP contribution >= 0.6 is 0 Å². The molecule has 1 heterocycles. The molecule has 82 valence electrons. The summed E-state index contributed by atoms with van der Waals surface area (Å²) in [5.41, 5.74) is 0.911. The molecule has 0 unspecified atom stereocenters. The number of hydrogen-bond donors (Lipinski definition) is 0. The van der Waals surface area contributed by atoms with Gasteiger partial charge in [0.1, 0.15) is 11.6 Å². The van der Waals surface area contributed by atoms with Crippen LogP contribution in [0.1, 0.15) is 21.7 Å². The molecule has 0 spiro atoms. The van der Waals surface area contributed by atoms with Gasteiger partial charge in [-0.15, -0.1) is 0 Å². The van der Waals surface area contributed by atoms with Crippen LogP contribution < -0.4 is 0 Å². The average molecular weight is 218 g/mol. The third-order valence-corrected chi connectivity index (χ3v) is 2.41. The molecule has 0 aliphatic heterocycles. The van der Waals surface area contributed by atoms with Crippen molar-refractivity contribution in [2.75, 3.05) is 0 Å². The number of carbonyl (C=O) groups is 1. The van der Waals surface area contributed by atoms with Gasteiger partial charge < -0.3 is 4.42 Å². The molecule has 0 atom stereocenters. The smallest absolute Gasteiger partial charge is 0.170 e. The number of rotatable bonds is 3. The molecule has 0 fully saturated rings. The lowest BCUT2D eigenvalue weighted by atomic mass is 10.1. The SMILES string of the molecule is Cc1ccc(C(=O)Cc2ccco2)cc1F. The van der Waals surface area contributed by atoms with E-state index in [1.165, 1.54) is 12.3 Å². The van der Waals surface area contributed by atoms with Gasteiger partial charge in [0.2, 0.25) is 0 Å². The van der Waals surface area contributed by atoms with Gasteiger partial charge in [-0.2, -0.15) is 0 Å². The van der Waals surface area contributed by atoms with Crippen LogP contribution in [0.5, 0.6) is 0 Å². The highest BCUT2D eigenvalue weighted by molar-refractivity contribution is 5.97. The van der Waals surface area contributed by atoms with Gasteiger partial charge in [-0.3, -0.25) is 4.79 Å². The highest BCUT2D eigenvalue weighted by Crippen LogP contribution is 2.12. The molecule has 1 aromatic carbocycles. The molecular weight excluding hydrogens is 207 g/mol. The molecule has 0 radical (unpaired) electrons. The van der Waals surface area contributed by atoms with Crippen LogP contribution in [0.2, 0.25) is 0 Å². The second-order valence-corrected chi connectivity index (χ2v) is 3.64. The van der Waals surface area contributed by atoms with Crippen molar-refractivity contribution < 1.29 is 13.6 Å². The minimum absolute atomic E-state index is 0.145. The van der Waals surface area contributed by atoms with E-state index in [1.807, 2.05) is 0 Å². The predicted molar refractivity (Wildman–Crippen MR) is 57.9 cm³/mol. The maximum Gasteiger partial charge on any atom is 0.170 e. The summed E-state index contributed by atoms with van der Waals surface area (Å²) in [7, 11) is 0. The summed E-state index contributed by atoms with van der Waals surface area (Å²) in [6.07, 6.45) is 1.67. The third-order valence-electron chi connectivity index (χ3n) is 2.41. The molecule has 0 aliphatic carbocycles. The van der Waals surface area contributed by atoms with E-state index in [1.54, 1.807) is 31.2 Å². The standard InChI is InChI=1S/C13H11FO2/c1-9-4-5-10(7-12(9)14)13(15)8-11-3-2-6-16-11/h2-7H,8H2,1H3. The normalized spacial score (nSPS) is 10.4. The first-order valence-corrected chi connectivity index (χ1v) is 4.98. The number of carbonyl (C=O) groups excluding carboxylic acids is 1. The predicted octanol–water partition coefficient (Wildman–Crippen LogP) is 3.15. The first kappa shape index (κ1) is 10.6. The summed E-state index contributed by atoms with van der Waals surface area (Å²) in [6.45, 7) is 1.66. The highest BCUT2D eigenvalue weighted by atomic mass is 19.1. The summed E-state index contributed by atoms with van der Waals surface area (Å²) in [5, 5.41) is 0. The molecule has 0 aliphatic rings. The van der Waals surface area contributed by atoms with Crippen molar-refractivity contribution in [2.45, 2.75) is 13.3 Å². The zero-order valence-corrected chi connectivity index (χ0v) is 8.87. The zero-order valence-electron chi connectivity index (χ0n) is 8.87. The van der Waals surface area contributed by atoms with Crippen LogP contribution in [0.15, 0.2) is 41.0 Å². The summed E-state index contributed by atoms with van der Waals surface area (Å²) >= 11 is 0. The summed E-state index contributed by atoms with van der Waals surface area (Å²) in [5.74, 6) is 0.0881. The van der Waals surface area contributed by atoms with Crippen molar-refractivity contribution in [3.05, 3.63) is 59.3 Å². The van der Waals surface area contributed by atoms with Crippen LogP contribution in [0.4, 0.5) is 4.39 Å². The van der Waals surface area contributed by atoms with E-state index in [4.69, 9.17) is 4.42 Å². The number of hydrogen-bond acceptors (Lipinski definition) is 2. The molecular formula is C13H11FO2. The van der Waals surface area contributed by atoms with Crippen molar-refractivity contribution in [2.24, 2.45) is 0 Å². The number of Topliss-reactive ketones (excluding diaryl/α,β-unsaturated/α-hetero) is 1. The van der Waals surface area contributed by atoms with Crippen LogP contribution in [-0.4, -0.2) is 5.78 Å². The second kappa shape index (κ2) is 4.31. The molecule has 2 rings (SSSR count). The van der Waals surface area contributed by atoms with Gasteiger partial charge in [0.25, 0.3) is 0 Å². The molecule has 2 aromatic rings. The van der Waals surface area contributed by atoms with Crippen LogP contribution in [-0.2, 0) is 6.42 Å². The first-order valence-electron chi connectivity index (χ1n) is 4.98. The summed E-state index contributed by atoms with van der Waals surface area (Å²) in [6, 6.07) is 7.94. The van der Waals surface area contributed by atoms with Crippen LogP contribution in [0, 0.1) is 12.7 Å². The fraction of sp³-hybridized carbons (Fsp3) is 0.154. The van der Waals surface area contributed by atoms with Gasteiger partial charge in [0, 0.05) is 5.56 Å². The fourth-order valence-electron chi connectivity index (χ4n) is 1.44. The van der Waals surface area contributed by atoms with Crippen LogP contribution in [0.25, 0.3) is 0 Å². The topological polar surface area (TPSA) is 30.2 Å². The molecule has 1 aromatic heterocycles. The zero-order chi connectivity index (χ0) is 11.5. The van der Waals surface area contributed by atoms with Crippen molar-refractivity contribution in [3.8, 4) is 0 Å². The monoisotopic (exact) mass is 218 g/mol. The Morgan fingerprint density at radius 1 is 1.38 bits per heavy atom. The van der Waals surface area contributed by atoms with E-state index in [-0.39, 0.29) is 18.0 Å². The Morgan fingerprint density at radius 3 is 2.81 bits per heavy atom. The average Bonchev–Trinajstić information content (AvgIpc) is 2.74. The highest BCUT2D eigenvalue weighted by Gasteiger charge is 2.10. The maximum atomic E-state index is 13.2. The van der Waals surface area contributed by atoms with Gasteiger partial charge in [0.05, 0.1) is 12.7 Å². The number of furan rings is 1. The van der Waals surface area contributed by atoms with E-state index in [2.05, 4.69) is 0 Å². The van der Waals surface area contributed by atoms with E-state index >= 15 is 0 Å². The van der Waals surface area contributed by atoms with E-state index in [0.717, 1.165) is 0 Å². The van der Waals surface area contributed by atoms with Gasteiger partial charge in [-0.1, -0.05) is 12.1 Å². The number of aryl methyl sites for hydroxylation is 1. The van der Waals surface area contributed by atoms with Crippen molar-refractivity contribution in [3.63, 3.8) is 0 Å². The maximum absolute atomic E-state index is 13.2. The Kier molecular flexibility index (Phi) is 2.86. The lowest BCUT2D eigenvalue weighted by molar-refractivity contribution is 0.0986. The quantitative estimate of drug-likeness (QED) is 0.741. The minimum Gasteiger partial charge on any atom is -0.469 e. The molecule has 16 heavy (non-hydrogen) atoms. The molecule has 3 heteroatoms. The van der Waals surface area contributed by atoms with Crippen molar-refractivity contribution in [1.82, 2.24) is 0 Å². The Morgan fingerprint density at radius 2 is 2.19 bits per heavy atom. The first-order chi connectivity index (χ1) is 7.66. The van der Waals surface area contributed by atoms with E-state index in [9.17, 15) is 9.18 Å². The van der Waals surface area contributed by atoms with E-state index in [0.29, 0.717) is 16.9 Å². The summed E-state index contributed by atoms with van der Waals surface area (Å²) < 4.78 is 18.3. The Bertz CT molecular complexity index is 501. The van der Waals surface area contributed by atoms with Crippen LogP contribution in [0.3, 0.4) is 0 Å². The minimum atomic E-state index is -0.356. The molecule has 0 N–H and O–H groups in total. The number of benzene rings is 1.